The molecule has 0 bridgehead atoms. The van der Waals surface area contributed by atoms with Crippen LogP contribution in [-0.2, 0) is 5.41 Å². The van der Waals surface area contributed by atoms with E-state index in [1.54, 1.807) is 32.0 Å². The summed E-state index contributed by atoms with van der Waals surface area (Å²) < 4.78 is 139. The maximum Gasteiger partial charge on any atom is 0.145 e. The van der Waals surface area contributed by atoms with E-state index in [2.05, 4.69) is 0 Å². The Balaban J connectivity index is 1.39. The predicted octanol–water partition coefficient (Wildman–Crippen LogP) is 12.6. The SMILES string of the molecule is [2H]c1c([2H])c([2H])c2c(c1[2H])-c1c([2H])c([2H])c(-c3c4c([2H])c([2H])c([2H])c([2H])c4c(-c4cccc(-c5nc6ccccc6n5-c5ccccc5)c4)c4c([2H])c([2H])c([2H])c([2H])c34)c([2H])c1C2(C)C. The summed E-state index contributed by atoms with van der Waals surface area (Å²) in [4.78, 5) is 5.01. The van der Waals surface area contributed by atoms with Gasteiger partial charge in [0.15, 0.2) is 0 Å². The van der Waals surface area contributed by atoms with Gasteiger partial charge in [-0.1, -0.05) is 147 Å². The number of imidazole rings is 1. The summed E-state index contributed by atoms with van der Waals surface area (Å²) in [5.74, 6) is 0.525. The van der Waals surface area contributed by atoms with Gasteiger partial charge in [-0.25, -0.2) is 4.98 Å². The molecule has 0 unspecified atom stereocenters. The largest absolute Gasteiger partial charge is 0.292 e. The minimum Gasteiger partial charge on any atom is -0.292 e. The van der Waals surface area contributed by atoms with Crippen molar-refractivity contribution in [3.63, 3.8) is 0 Å². The molecule has 236 valence electrons. The monoisotopic (exact) mass is 653 g/mol. The molecular formula is C48H34N2. The number of para-hydroxylation sites is 3. The van der Waals surface area contributed by atoms with Crippen LogP contribution in [0.4, 0.5) is 0 Å². The quantitative estimate of drug-likeness (QED) is 0.173. The van der Waals surface area contributed by atoms with E-state index in [4.69, 9.17) is 16.0 Å². The van der Waals surface area contributed by atoms with Crippen LogP contribution in [0.1, 0.15) is 45.5 Å². The van der Waals surface area contributed by atoms with Crippen LogP contribution in [0.5, 0.6) is 0 Å². The lowest BCUT2D eigenvalue weighted by Crippen LogP contribution is -2.14. The van der Waals surface area contributed by atoms with Gasteiger partial charge >= 0.3 is 0 Å². The number of hydrogen-bond acceptors (Lipinski definition) is 1. The summed E-state index contributed by atoms with van der Waals surface area (Å²) in [5, 5.41) is -0.788. The van der Waals surface area contributed by atoms with E-state index in [0.29, 0.717) is 22.5 Å². The fourth-order valence-corrected chi connectivity index (χ4v) is 7.32. The van der Waals surface area contributed by atoms with Gasteiger partial charge in [-0.05, 0) is 102 Å². The van der Waals surface area contributed by atoms with Crippen molar-refractivity contribution >= 4 is 32.6 Å². The summed E-state index contributed by atoms with van der Waals surface area (Å²) >= 11 is 0. The number of rotatable bonds is 4. The molecule has 10 rings (SSSR count). The summed E-state index contributed by atoms with van der Waals surface area (Å²) in [7, 11) is 0. The van der Waals surface area contributed by atoms with E-state index >= 15 is 0 Å². The lowest BCUT2D eigenvalue weighted by Gasteiger charge is -2.23. The average molecular weight is 654 g/mol. The van der Waals surface area contributed by atoms with Crippen molar-refractivity contribution < 1.29 is 20.6 Å². The van der Waals surface area contributed by atoms with Crippen LogP contribution < -0.4 is 0 Å². The number of hydrogen-bond donors (Lipinski definition) is 0. The van der Waals surface area contributed by atoms with Crippen molar-refractivity contribution in [2.75, 3.05) is 0 Å². The van der Waals surface area contributed by atoms with Gasteiger partial charge in [0.2, 0.25) is 0 Å². The van der Waals surface area contributed by atoms with E-state index in [1.807, 2.05) is 65.2 Å². The third-order valence-electron chi connectivity index (χ3n) is 9.61. The van der Waals surface area contributed by atoms with E-state index in [-0.39, 0.29) is 66.5 Å². The zero-order valence-electron chi connectivity index (χ0n) is 41.9. The molecular weight excluding hydrogens is 605 g/mol. The highest BCUT2D eigenvalue weighted by Gasteiger charge is 2.35. The standard InChI is InChI=1S/C48H34N2/c1-48(2)41-24-11-10-19-35(41)36-28-27-32(30-42(36)48)46-39-22-8-6-20-37(39)45(38-21-7-9-23-40(38)46)31-15-14-16-33(29-31)47-49-43-25-12-13-26-44(43)50(47)34-17-4-3-5-18-34/h3-30H,1-2H3/i6D,7D,8D,9D,10D,11D,19D,20D,21D,22D,23D,24D,27D,28D,30D. The van der Waals surface area contributed by atoms with Crippen molar-refractivity contribution in [3.8, 4) is 50.5 Å². The van der Waals surface area contributed by atoms with Gasteiger partial charge in [0.25, 0.3) is 0 Å². The van der Waals surface area contributed by atoms with Gasteiger partial charge < -0.3 is 0 Å². The molecule has 2 nitrogen and oxygen atoms in total. The van der Waals surface area contributed by atoms with E-state index in [0.717, 1.165) is 11.2 Å². The van der Waals surface area contributed by atoms with E-state index in [9.17, 15) is 9.60 Å². The van der Waals surface area contributed by atoms with Crippen LogP contribution in [0, 0.1) is 0 Å². The highest BCUT2D eigenvalue weighted by molar-refractivity contribution is 6.21. The van der Waals surface area contributed by atoms with Gasteiger partial charge in [0.05, 0.1) is 31.6 Å². The third kappa shape index (κ3) is 4.18. The first-order valence-corrected chi connectivity index (χ1v) is 16.2. The second-order valence-electron chi connectivity index (χ2n) is 12.8. The van der Waals surface area contributed by atoms with Crippen LogP contribution >= 0.6 is 0 Å². The zero-order chi connectivity index (χ0) is 46.5. The van der Waals surface area contributed by atoms with Crippen LogP contribution in [-0.4, -0.2) is 9.55 Å². The molecule has 0 atom stereocenters. The molecule has 0 saturated carbocycles. The molecule has 0 fully saturated rings. The first-order valence-electron chi connectivity index (χ1n) is 23.7. The van der Waals surface area contributed by atoms with Crippen molar-refractivity contribution in [1.82, 2.24) is 9.55 Å². The number of nitrogens with zero attached hydrogens (tertiary/aromatic N) is 2. The van der Waals surface area contributed by atoms with Crippen molar-refractivity contribution in [2.24, 2.45) is 0 Å². The Kier molecular flexibility index (Phi) is 3.79. The van der Waals surface area contributed by atoms with Crippen LogP contribution in [0.2, 0.25) is 0 Å². The minimum atomic E-state index is -1.36. The molecule has 9 aromatic rings. The summed E-state index contributed by atoms with van der Waals surface area (Å²) in [6.07, 6.45) is 0. The highest BCUT2D eigenvalue weighted by atomic mass is 15.1. The van der Waals surface area contributed by atoms with E-state index < -0.39 is 90.0 Å². The van der Waals surface area contributed by atoms with Gasteiger partial charge in [-0.2, -0.15) is 0 Å². The first-order chi connectivity index (χ1) is 30.8. The molecule has 1 aromatic heterocycles. The lowest BCUT2D eigenvalue weighted by molar-refractivity contribution is 0.660. The minimum absolute atomic E-state index is 0.0240. The zero-order valence-corrected chi connectivity index (χ0v) is 26.9. The number of aromatic nitrogens is 2. The molecule has 0 saturated heterocycles. The van der Waals surface area contributed by atoms with Gasteiger partial charge in [0.1, 0.15) is 5.82 Å². The Hall–Kier alpha value is -6.25. The van der Waals surface area contributed by atoms with Crippen molar-refractivity contribution in [1.29, 1.82) is 0 Å². The summed E-state index contributed by atoms with van der Waals surface area (Å²) in [6, 6.07) is 15.7. The second kappa shape index (κ2) is 10.9. The molecule has 0 aliphatic heterocycles. The van der Waals surface area contributed by atoms with Crippen LogP contribution in [0.15, 0.2) is 169 Å². The van der Waals surface area contributed by atoms with Gasteiger partial charge in [0, 0.05) is 16.7 Å². The fraction of sp³-hybridized carbons (Fsp3) is 0.0625. The maximum absolute atomic E-state index is 9.94. The molecule has 8 aromatic carbocycles. The molecule has 0 spiro atoms. The maximum atomic E-state index is 9.94. The molecule has 50 heavy (non-hydrogen) atoms. The molecule has 0 radical (unpaired) electrons. The number of fused-ring (bicyclic) bond motifs is 6. The Morgan fingerprint density at radius 2 is 1.14 bits per heavy atom. The van der Waals surface area contributed by atoms with Crippen molar-refractivity contribution in [3.05, 3.63) is 181 Å². The van der Waals surface area contributed by atoms with Gasteiger partial charge in [-0.3, -0.25) is 4.57 Å². The smallest absolute Gasteiger partial charge is 0.145 e. The Morgan fingerprint density at radius 3 is 1.88 bits per heavy atom. The van der Waals surface area contributed by atoms with Crippen molar-refractivity contribution in [2.45, 2.75) is 19.3 Å². The van der Waals surface area contributed by atoms with Crippen LogP contribution in [0.3, 0.4) is 0 Å². The normalized spacial score (nSPS) is 17.4. The highest BCUT2D eigenvalue weighted by Crippen LogP contribution is 2.51. The molecule has 2 heteroatoms. The fourth-order valence-electron chi connectivity index (χ4n) is 7.32. The topological polar surface area (TPSA) is 17.8 Å². The first kappa shape index (κ1) is 17.4. The lowest BCUT2D eigenvalue weighted by atomic mass is 9.80. The summed E-state index contributed by atoms with van der Waals surface area (Å²) in [6.45, 7) is 3.28. The third-order valence-corrected chi connectivity index (χ3v) is 9.61. The molecule has 1 aliphatic carbocycles. The van der Waals surface area contributed by atoms with Gasteiger partial charge in [-0.15, -0.1) is 0 Å². The molecule has 0 amide bonds. The van der Waals surface area contributed by atoms with Crippen LogP contribution in [0.25, 0.3) is 83.0 Å². The Labute approximate surface area is 313 Å². The number of benzene rings is 8. The Bertz CT molecular complexity index is 3550. The molecule has 1 heterocycles. The second-order valence-corrected chi connectivity index (χ2v) is 12.8. The predicted molar refractivity (Wildman–Crippen MR) is 210 cm³/mol. The summed E-state index contributed by atoms with van der Waals surface area (Å²) in [5.41, 5.74) is 1.37. The molecule has 1 aliphatic rings. The Morgan fingerprint density at radius 1 is 0.540 bits per heavy atom. The average Bonchev–Trinajstić information content (AvgIpc) is 3.81. The molecule has 0 N–H and O–H groups in total. The van der Waals surface area contributed by atoms with E-state index in [1.165, 1.54) is 0 Å².